The molecule has 1 aliphatic heterocycles. The summed E-state index contributed by atoms with van der Waals surface area (Å²) in [6.07, 6.45) is 1.29. The third-order valence-electron chi connectivity index (χ3n) is 3.84. The highest BCUT2D eigenvalue weighted by atomic mass is 35.5. The van der Waals surface area contributed by atoms with Crippen molar-refractivity contribution < 1.29 is 4.74 Å². The van der Waals surface area contributed by atoms with E-state index in [0.717, 1.165) is 43.2 Å². The molecule has 2 rings (SSSR count). The number of nitrogens with zero attached hydrogens (tertiary/aromatic N) is 1. The molecule has 1 saturated heterocycles. The standard InChI is InChI=1S/C16H25ClN2O/c1-4-7-18-16(15-11-19(3)8-9-20-15)13-6-5-12(2)14(17)10-13/h5-6,10,15-16,18H,4,7-9,11H2,1-3H3. The van der Waals surface area contributed by atoms with E-state index in [0.29, 0.717) is 0 Å². The fourth-order valence-corrected chi connectivity index (χ4v) is 2.77. The van der Waals surface area contributed by atoms with E-state index in [9.17, 15) is 0 Å². The summed E-state index contributed by atoms with van der Waals surface area (Å²) in [7, 11) is 2.15. The van der Waals surface area contributed by atoms with Crippen molar-refractivity contribution in [1.82, 2.24) is 10.2 Å². The zero-order valence-electron chi connectivity index (χ0n) is 12.7. The van der Waals surface area contributed by atoms with Crippen molar-refractivity contribution in [3.63, 3.8) is 0 Å². The number of morpholine rings is 1. The van der Waals surface area contributed by atoms with Crippen LogP contribution in [0.2, 0.25) is 5.02 Å². The number of aryl methyl sites for hydroxylation is 1. The minimum absolute atomic E-state index is 0.180. The van der Waals surface area contributed by atoms with Crippen molar-refractivity contribution in [3.05, 3.63) is 34.3 Å². The summed E-state index contributed by atoms with van der Waals surface area (Å²) in [5.74, 6) is 0. The first-order chi connectivity index (χ1) is 9.61. The van der Waals surface area contributed by atoms with Gasteiger partial charge in [0.1, 0.15) is 0 Å². The Morgan fingerprint density at radius 1 is 1.50 bits per heavy atom. The third-order valence-corrected chi connectivity index (χ3v) is 4.24. The Morgan fingerprint density at radius 3 is 2.95 bits per heavy atom. The molecule has 0 saturated carbocycles. The predicted octanol–water partition coefficient (Wildman–Crippen LogP) is 3.02. The van der Waals surface area contributed by atoms with Crippen molar-refractivity contribution in [2.24, 2.45) is 0 Å². The Kier molecular flexibility index (Phi) is 5.85. The van der Waals surface area contributed by atoms with Crippen molar-refractivity contribution in [2.75, 3.05) is 33.3 Å². The molecule has 1 fully saturated rings. The first kappa shape index (κ1) is 15.8. The van der Waals surface area contributed by atoms with Crippen LogP contribution in [0.4, 0.5) is 0 Å². The van der Waals surface area contributed by atoms with Crippen LogP contribution >= 0.6 is 11.6 Å². The van der Waals surface area contributed by atoms with Gasteiger partial charge in [0.15, 0.2) is 0 Å². The van der Waals surface area contributed by atoms with Crippen LogP contribution in [0.1, 0.15) is 30.5 Å². The summed E-state index contributed by atoms with van der Waals surface area (Å²) in [6, 6.07) is 6.52. The van der Waals surface area contributed by atoms with Gasteiger partial charge in [-0.25, -0.2) is 0 Å². The summed E-state index contributed by atoms with van der Waals surface area (Å²) >= 11 is 6.28. The molecular weight excluding hydrogens is 272 g/mol. The molecule has 0 spiro atoms. The Bertz CT molecular complexity index is 438. The highest BCUT2D eigenvalue weighted by Gasteiger charge is 2.27. The smallest absolute Gasteiger partial charge is 0.0896 e. The number of hydrogen-bond acceptors (Lipinski definition) is 3. The first-order valence-corrected chi connectivity index (χ1v) is 7.79. The van der Waals surface area contributed by atoms with Gasteiger partial charge in [-0.05, 0) is 44.1 Å². The van der Waals surface area contributed by atoms with E-state index in [2.05, 4.69) is 42.4 Å². The molecule has 2 atom stereocenters. The van der Waals surface area contributed by atoms with Crippen LogP contribution in [0.15, 0.2) is 18.2 Å². The van der Waals surface area contributed by atoms with E-state index in [1.54, 1.807) is 0 Å². The molecule has 1 N–H and O–H groups in total. The summed E-state index contributed by atoms with van der Waals surface area (Å²) in [5.41, 5.74) is 2.33. The SMILES string of the molecule is CCCNC(c1ccc(C)c(Cl)c1)C1CN(C)CCO1. The molecule has 0 aromatic heterocycles. The minimum Gasteiger partial charge on any atom is -0.374 e. The van der Waals surface area contributed by atoms with Crippen molar-refractivity contribution >= 4 is 11.6 Å². The van der Waals surface area contributed by atoms with Gasteiger partial charge in [0.25, 0.3) is 0 Å². The molecule has 1 aliphatic rings. The van der Waals surface area contributed by atoms with Crippen LogP contribution in [0, 0.1) is 6.92 Å². The van der Waals surface area contributed by atoms with Crippen LogP contribution < -0.4 is 5.32 Å². The zero-order valence-corrected chi connectivity index (χ0v) is 13.4. The van der Waals surface area contributed by atoms with Gasteiger partial charge in [0, 0.05) is 18.1 Å². The van der Waals surface area contributed by atoms with Gasteiger partial charge < -0.3 is 15.0 Å². The van der Waals surface area contributed by atoms with Gasteiger partial charge >= 0.3 is 0 Å². The lowest BCUT2D eigenvalue weighted by atomic mass is 9.98. The van der Waals surface area contributed by atoms with Gasteiger partial charge in [0.2, 0.25) is 0 Å². The number of halogens is 1. The molecule has 1 aromatic carbocycles. The van der Waals surface area contributed by atoms with E-state index in [4.69, 9.17) is 16.3 Å². The Balaban J connectivity index is 2.19. The molecule has 112 valence electrons. The average molecular weight is 297 g/mol. The highest BCUT2D eigenvalue weighted by molar-refractivity contribution is 6.31. The van der Waals surface area contributed by atoms with Crippen molar-refractivity contribution in [1.29, 1.82) is 0 Å². The maximum Gasteiger partial charge on any atom is 0.0896 e. The number of nitrogens with one attached hydrogen (secondary N) is 1. The predicted molar refractivity (Wildman–Crippen MR) is 84.5 cm³/mol. The highest BCUT2D eigenvalue weighted by Crippen LogP contribution is 2.26. The average Bonchev–Trinajstić information content (AvgIpc) is 2.43. The second-order valence-electron chi connectivity index (χ2n) is 5.61. The normalized spacial score (nSPS) is 21.9. The number of likely N-dealkylation sites (N-methyl/N-ethyl adjacent to an activating group) is 1. The minimum atomic E-state index is 0.180. The molecular formula is C16H25ClN2O. The molecule has 0 amide bonds. The monoisotopic (exact) mass is 296 g/mol. The largest absolute Gasteiger partial charge is 0.374 e. The van der Waals surface area contributed by atoms with Crippen LogP contribution in [-0.2, 0) is 4.74 Å². The van der Waals surface area contributed by atoms with E-state index >= 15 is 0 Å². The molecule has 1 heterocycles. The molecule has 0 bridgehead atoms. The molecule has 4 heteroatoms. The molecule has 3 nitrogen and oxygen atoms in total. The van der Waals surface area contributed by atoms with Gasteiger partial charge in [-0.3, -0.25) is 0 Å². The summed E-state index contributed by atoms with van der Waals surface area (Å²) < 4.78 is 5.98. The lowest BCUT2D eigenvalue weighted by Gasteiger charge is -2.36. The quantitative estimate of drug-likeness (QED) is 0.904. The lowest BCUT2D eigenvalue weighted by Crippen LogP contribution is -2.46. The number of benzene rings is 1. The first-order valence-electron chi connectivity index (χ1n) is 7.41. The van der Waals surface area contributed by atoms with Gasteiger partial charge in [-0.2, -0.15) is 0 Å². The molecule has 1 aromatic rings. The number of ether oxygens (including phenoxy) is 1. The van der Waals surface area contributed by atoms with Crippen molar-refractivity contribution in [2.45, 2.75) is 32.4 Å². The van der Waals surface area contributed by atoms with Crippen molar-refractivity contribution in [3.8, 4) is 0 Å². The van der Waals surface area contributed by atoms with Crippen LogP contribution in [0.5, 0.6) is 0 Å². The van der Waals surface area contributed by atoms with E-state index in [1.807, 2.05) is 6.92 Å². The fraction of sp³-hybridized carbons (Fsp3) is 0.625. The molecule has 0 radical (unpaired) electrons. The summed E-state index contributed by atoms with van der Waals surface area (Å²) in [4.78, 5) is 2.32. The number of hydrogen-bond donors (Lipinski definition) is 1. The van der Waals surface area contributed by atoms with Crippen LogP contribution in [0.25, 0.3) is 0 Å². The third kappa shape index (κ3) is 3.95. The topological polar surface area (TPSA) is 24.5 Å². The maximum atomic E-state index is 6.28. The van der Waals surface area contributed by atoms with Gasteiger partial charge in [-0.1, -0.05) is 30.7 Å². The second-order valence-corrected chi connectivity index (χ2v) is 6.02. The van der Waals surface area contributed by atoms with Crippen LogP contribution in [0.3, 0.4) is 0 Å². The van der Waals surface area contributed by atoms with E-state index in [1.165, 1.54) is 5.56 Å². The Hall–Kier alpha value is -0.610. The fourth-order valence-electron chi connectivity index (χ4n) is 2.58. The summed E-state index contributed by atoms with van der Waals surface area (Å²) in [5, 5.41) is 4.44. The molecule has 0 aliphatic carbocycles. The zero-order chi connectivity index (χ0) is 14.5. The molecule has 2 unspecified atom stereocenters. The molecule has 20 heavy (non-hydrogen) atoms. The van der Waals surface area contributed by atoms with Crippen LogP contribution in [-0.4, -0.2) is 44.3 Å². The van der Waals surface area contributed by atoms with Gasteiger partial charge in [0.05, 0.1) is 18.8 Å². The Labute approximate surface area is 127 Å². The second kappa shape index (κ2) is 7.41. The van der Waals surface area contributed by atoms with E-state index in [-0.39, 0.29) is 12.1 Å². The Morgan fingerprint density at radius 2 is 2.30 bits per heavy atom. The van der Waals surface area contributed by atoms with Gasteiger partial charge in [-0.15, -0.1) is 0 Å². The number of rotatable bonds is 5. The lowest BCUT2D eigenvalue weighted by molar-refractivity contribution is -0.0392. The maximum absolute atomic E-state index is 6.28. The summed E-state index contributed by atoms with van der Waals surface area (Å²) in [6.45, 7) is 7.95. The van der Waals surface area contributed by atoms with E-state index < -0.39 is 0 Å².